The number of hydrogen-bond donors (Lipinski definition) is 3. The maximum atomic E-state index is 11.7. The van der Waals surface area contributed by atoms with E-state index in [0.717, 1.165) is 12.8 Å². The van der Waals surface area contributed by atoms with E-state index in [1.54, 1.807) is 13.8 Å². The lowest BCUT2D eigenvalue weighted by Crippen LogP contribution is -2.46. The predicted octanol–water partition coefficient (Wildman–Crippen LogP) is 2.61. The van der Waals surface area contributed by atoms with Crippen LogP contribution in [0.3, 0.4) is 0 Å². The van der Waals surface area contributed by atoms with Crippen LogP contribution in [0.4, 0.5) is 4.79 Å². The van der Waals surface area contributed by atoms with E-state index in [2.05, 4.69) is 24.5 Å². The SMILES string of the molecule is CCC(C)(CNC(=O)NC(C)CCC(C)C)C(=O)O. The highest BCUT2D eigenvalue weighted by atomic mass is 16.4. The number of carboxylic acids is 1. The lowest BCUT2D eigenvalue weighted by Gasteiger charge is -2.24. The van der Waals surface area contributed by atoms with Gasteiger partial charge in [0, 0.05) is 12.6 Å². The van der Waals surface area contributed by atoms with Crippen molar-refractivity contribution in [3.05, 3.63) is 0 Å². The molecule has 0 fully saturated rings. The third-order valence-corrected chi connectivity index (χ3v) is 3.49. The Kier molecular flexibility index (Phi) is 7.49. The molecule has 3 N–H and O–H groups in total. The van der Waals surface area contributed by atoms with Crippen molar-refractivity contribution in [1.29, 1.82) is 0 Å². The molecule has 0 radical (unpaired) electrons. The number of carbonyl (C=O) groups excluding carboxylic acids is 1. The molecule has 19 heavy (non-hydrogen) atoms. The van der Waals surface area contributed by atoms with Crippen LogP contribution in [0.5, 0.6) is 0 Å². The minimum atomic E-state index is -0.904. The van der Waals surface area contributed by atoms with Crippen LogP contribution >= 0.6 is 0 Å². The maximum absolute atomic E-state index is 11.7. The van der Waals surface area contributed by atoms with E-state index in [0.29, 0.717) is 12.3 Å². The molecule has 5 nitrogen and oxygen atoms in total. The van der Waals surface area contributed by atoms with E-state index >= 15 is 0 Å². The van der Waals surface area contributed by atoms with Crippen molar-refractivity contribution in [2.24, 2.45) is 11.3 Å². The van der Waals surface area contributed by atoms with Crippen molar-refractivity contribution < 1.29 is 14.7 Å². The fourth-order valence-electron chi connectivity index (χ4n) is 1.56. The number of hydrogen-bond acceptors (Lipinski definition) is 2. The van der Waals surface area contributed by atoms with Crippen LogP contribution in [0, 0.1) is 11.3 Å². The summed E-state index contributed by atoms with van der Waals surface area (Å²) < 4.78 is 0. The second-order valence-corrected chi connectivity index (χ2v) is 5.92. The third kappa shape index (κ3) is 7.03. The molecule has 0 spiro atoms. The first-order valence-corrected chi connectivity index (χ1v) is 6.99. The normalized spacial score (nSPS) is 15.7. The monoisotopic (exact) mass is 272 g/mol. The molecule has 2 unspecified atom stereocenters. The van der Waals surface area contributed by atoms with Gasteiger partial charge >= 0.3 is 12.0 Å². The van der Waals surface area contributed by atoms with Crippen LogP contribution < -0.4 is 10.6 Å². The van der Waals surface area contributed by atoms with Crippen molar-refractivity contribution in [3.8, 4) is 0 Å². The molecule has 5 heteroatoms. The van der Waals surface area contributed by atoms with Crippen LogP contribution in [0.1, 0.15) is 53.9 Å². The molecular weight excluding hydrogens is 244 g/mol. The largest absolute Gasteiger partial charge is 0.481 e. The minimum Gasteiger partial charge on any atom is -0.481 e. The summed E-state index contributed by atoms with van der Waals surface area (Å²) in [6, 6.07) is -0.197. The quantitative estimate of drug-likeness (QED) is 0.635. The second-order valence-electron chi connectivity index (χ2n) is 5.92. The van der Waals surface area contributed by atoms with E-state index in [1.807, 2.05) is 6.92 Å². The zero-order valence-corrected chi connectivity index (χ0v) is 12.7. The number of nitrogens with one attached hydrogen (secondary N) is 2. The zero-order chi connectivity index (χ0) is 15.1. The van der Waals surface area contributed by atoms with Crippen LogP contribution in [0.15, 0.2) is 0 Å². The van der Waals surface area contributed by atoms with Gasteiger partial charge in [0.25, 0.3) is 0 Å². The number of rotatable bonds is 8. The summed E-state index contributed by atoms with van der Waals surface area (Å²) in [5.41, 5.74) is -0.904. The van der Waals surface area contributed by atoms with Crippen LogP contribution in [0.2, 0.25) is 0 Å². The van der Waals surface area contributed by atoms with Crippen molar-refractivity contribution in [3.63, 3.8) is 0 Å². The topological polar surface area (TPSA) is 78.4 Å². The molecule has 0 aromatic heterocycles. The fourth-order valence-corrected chi connectivity index (χ4v) is 1.56. The van der Waals surface area contributed by atoms with Gasteiger partial charge in [-0.15, -0.1) is 0 Å². The Morgan fingerprint density at radius 3 is 2.21 bits per heavy atom. The Labute approximate surface area is 116 Å². The van der Waals surface area contributed by atoms with E-state index in [-0.39, 0.29) is 18.6 Å². The molecule has 0 aliphatic rings. The Balaban J connectivity index is 4.08. The fraction of sp³-hybridized carbons (Fsp3) is 0.857. The number of amides is 2. The van der Waals surface area contributed by atoms with Gasteiger partial charge in [-0.25, -0.2) is 4.79 Å². The van der Waals surface area contributed by atoms with Crippen LogP contribution in [-0.4, -0.2) is 29.7 Å². The van der Waals surface area contributed by atoms with Crippen molar-refractivity contribution in [1.82, 2.24) is 10.6 Å². The lowest BCUT2D eigenvalue weighted by molar-refractivity contribution is -0.147. The average molecular weight is 272 g/mol. The van der Waals surface area contributed by atoms with Crippen molar-refractivity contribution in [2.45, 2.75) is 59.9 Å². The van der Waals surface area contributed by atoms with Gasteiger partial charge in [-0.3, -0.25) is 4.79 Å². The highest BCUT2D eigenvalue weighted by molar-refractivity contribution is 5.77. The first-order chi connectivity index (χ1) is 8.71. The van der Waals surface area contributed by atoms with E-state index in [1.165, 1.54) is 0 Å². The summed E-state index contributed by atoms with van der Waals surface area (Å²) in [5, 5.41) is 14.6. The summed E-state index contributed by atoms with van der Waals surface area (Å²) in [5.74, 6) is -0.272. The Morgan fingerprint density at radius 1 is 1.21 bits per heavy atom. The van der Waals surface area contributed by atoms with E-state index in [9.17, 15) is 9.59 Å². The van der Waals surface area contributed by atoms with Gasteiger partial charge in [0.2, 0.25) is 0 Å². The summed E-state index contributed by atoms with van der Waals surface area (Å²) >= 11 is 0. The van der Waals surface area contributed by atoms with Crippen molar-refractivity contribution >= 4 is 12.0 Å². The molecule has 0 aliphatic heterocycles. The van der Waals surface area contributed by atoms with Crippen LogP contribution in [0.25, 0.3) is 0 Å². The smallest absolute Gasteiger partial charge is 0.315 e. The molecule has 0 bridgehead atoms. The molecule has 0 saturated heterocycles. The van der Waals surface area contributed by atoms with Crippen molar-refractivity contribution in [2.75, 3.05) is 6.54 Å². The molecule has 0 aromatic rings. The van der Waals surface area contributed by atoms with Gasteiger partial charge in [0.1, 0.15) is 0 Å². The average Bonchev–Trinajstić information content (AvgIpc) is 2.33. The molecular formula is C14H28N2O3. The standard InChI is InChI=1S/C14H28N2O3/c1-6-14(5,12(17)18)9-15-13(19)16-11(4)8-7-10(2)3/h10-11H,6-9H2,1-5H3,(H,17,18)(H2,15,16,19). The minimum absolute atomic E-state index is 0.0973. The van der Waals surface area contributed by atoms with Gasteiger partial charge in [0.15, 0.2) is 0 Å². The van der Waals surface area contributed by atoms with Gasteiger partial charge in [-0.1, -0.05) is 20.8 Å². The Bertz CT molecular complexity index is 305. The highest BCUT2D eigenvalue weighted by Crippen LogP contribution is 2.19. The summed E-state index contributed by atoms with van der Waals surface area (Å²) in [6.07, 6.45) is 2.46. The maximum Gasteiger partial charge on any atom is 0.315 e. The van der Waals surface area contributed by atoms with Gasteiger partial charge in [-0.05, 0) is 39.0 Å². The molecule has 0 aliphatic carbocycles. The first-order valence-electron chi connectivity index (χ1n) is 6.99. The predicted molar refractivity (Wildman–Crippen MR) is 76.1 cm³/mol. The second kappa shape index (κ2) is 8.02. The zero-order valence-electron chi connectivity index (χ0n) is 12.7. The third-order valence-electron chi connectivity index (χ3n) is 3.49. The number of urea groups is 1. The Morgan fingerprint density at radius 2 is 1.79 bits per heavy atom. The van der Waals surface area contributed by atoms with Crippen LogP contribution in [-0.2, 0) is 4.79 Å². The van der Waals surface area contributed by atoms with E-state index < -0.39 is 11.4 Å². The molecule has 0 saturated carbocycles. The molecule has 2 amide bonds. The number of carboxylic acid groups (broad SMARTS) is 1. The van der Waals surface area contributed by atoms with Gasteiger partial charge < -0.3 is 15.7 Å². The summed E-state index contributed by atoms with van der Waals surface area (Å²) in [7, 11) is 0. The van der Waals surface area contributed by atoms with Gasteiger partial charge in [0.05, 0.1) is 5.41 Å². The highest BCUT2D eigenvalue weighted by Gasteiger charge is 2.31. The summed E-state index contributed by atoms with van der Waals surface area (Å²) in [4.78, 5) is 22.8. The molecule has 0 rings (SSSR count). The molecule has 112 valence electrons. The van der Waals surface area contributed by atoms with Gasteiger partial charge in [-0.2, -0.15) is 0 Å². The Hall–Kier alpha value is -1.26. The van der Waals surface area contributed by atoms with E-state index in [4.69, 9.17) is 5.11 Å². The first kappa shape index (κ1) is 17.7. The lowest BCUT2D eigenvalue weighted by atomic mass is 9.88. The number of carbonyl (C=O) groups is 2. The molecule has 0 aromatic carbocycles. The summed E-state index contributed by atoms with van der Waals surface area (Å²) in [6.45, 7) is 9.83. The molecule has 2 atom stereocenters. The number of aliphatic carboxylic acids is 1. The molecule has 0 heterocycles.